The number of hydrogen-bond acceptors (Lipinski definition) is 4. The van der Waals surface area contributed by atoms with Gasteiger partial charge in [-0.05, 0) is 18.6 Å². The summed E-state index contributed by atoms with van der Waals surface area (Å²) in [5, 5.41) is 3.14. The van der Waals surface area contributed by atoms with Crippen molar-refractivity contribution in [3.8, 4) is 0 Å². The number of nitrogens with zero attached hydrogens (tertiary/aromatic N) is 3. The van der Waals surface area contributed by atoms with Crippen LogP contribution in [0.15, 0.2) is 18.2 Å². The van der Waals surface area contributed by atoms with E-state index < -0.39 is 36.1 Å². The van der Waals surface area contributed by atoms with Gasteiger partial charge in [0.1, 0.15) is 11.6 Å². The maximum atomic E-state index is 13.9. The lowest BCUT2D eigenvalue weighted by molar-refractivity contribution is -0.133. The Labute approximate surface area is 171 Å². The Bertz CT molecular complexity index is 829. The fourth-order valence-corrected chi connectivity index (χ4v) is 4.45. The molecule has 2 atom stereocenters. The highest BCUT2D eigenvalue weighted by atomic mass is 19.3. The monoisotopic (exact) mass is 428 g/mol. The van der Waals surface area contributed by atoms with Gasteiger partial charge in [0.05, 0.1) is 18.2 Å². The van der Waals surface area contributed by atoms with Crippen molar-refractivity contribution >= 4 is 11.8 Å². The second-order valence-electron chi connectivity index (χ2n) is 8.17. The topological polar surface area (TPSA) is 55.9 Å². The van der Waals surface area contributed by atoms with E-state index in [0.29, 0.717) is 45.2 Å². The minimum Gasteiger partial charge on any atom is -0.336 e. The Hall–Kier alpha value is -2.20. The lowest BCUT2D eigenvalue weighted by atomic mass is 10.1. The van der Waals surface area contributed by atoms with Crippen molar-refractivity contribution in [3.63, 3.8) is 0 Å². The highest BCUT2D eigenvalue weighted by molar-refractivity contribution is 5.94. The number of likely N-dealkylation sites (tertiary alicyclic amines) is 1. The van der Waals surface area contributed by atoms with Crippen LogP contribution in [0.25, 0.3) is 0 Å². The van der Waals surface area contributed by atoms with Crippen LogP contribution in [0, 0.1) is 11.6 Å². The van der Waals surface area contributed by atoms with Gasteiger partial charge >= 0.3 is 0 Å². The van der Waals surface area contributed by atoms with Crippen molar-refractivity contribution in [3.05, 3.63) is 35.4 Å². The van der Waals surface area contributed by atoms with Gasteiger partial charge in [-0.2, -0.15) is 0 Å². The summed E-state index contributed by atoms with van der Waals surface area (Å²) in [6.07, 6.45) is 0.237. The molecule has 1 aromatic rings. The highest BCUT2D eigenvalue weighted by Gasteiger charge is 2.44. The van der Waals surface area contributed by atoms with Crippen LogP contribution in [0.4, 0.5) is 17.6 Å². The number of carbonyl (C=O) groups is 2. The van der Waals surface area contributed by atoms with E-state index in [4.69, 9.17) is 0 Å². The van der Waals surface area contributed by atoms with Crippen LogP contribution in [-0.4, -0.2) is 90.3 Å². The summed E-state index contributed by atoms with van der Waals surface area (Å²) in [6.45, 7) is 2.03. The number of carbonyl (C=O) groups excluding carboxylic acids is 2. The first-order valence-corrected chi connectivity index (χ1v) is 10.1. The predicted octanol–water partition coefficient (Wildman–Crippen LogP) is 1.32. The third-order valence-corrected chi connectivity index (χ3v) is 6.17. The van der Waals surface area contributed by atoms with Crippen LogP contribution in [-0.2, 0) is 4.79 Å². The molecule has 1 aromatic carbocycles. The van der Waals surface area contributed by atoms with E-state index in [-0.39, 0.29) is 30.5 Å². The van der Waals surface area contributed by atoms with Crippen molar-refractivity contribution in [2.45, 2.75) is 30.8 Å². The van der Waals surface area contributed by atoms with Gasteiger partial charge in [-0.3, -0.25) is 14.5 Å². The normalized spacial score (nSPS) is 26.9. The number of halogens is 4. The van der Waals surface area contributed by atoms with Crippen LogP contribution < -0.4 is 5.32 Å². The standard InChI is InChI=1S/C20H24F4N4O2/c21-13-1-2-15(16(22)9-13)18(29)27-7-5-26(6-8-27)14-10-17(25-11-14)19(30)28-4-3-20(23,24)12-28/h1-2,9,14,17,25H,3-8,10-12H2/t14-,17-/m0/s1. The van der Waals surface area contributed by atoms with Gasteiger partial charge < -0.3 is 15.1 Å². The van der Waals surface area contributed by atoms with Crippen LogP contribution in [0.1, 0.15) is 23.2 Å². The quantitative estimate of drug-likeness (QED) is 0.738. The molecule has 164 valence electrons. The molecule has 0 aliphatic carbocycles. The second kappa shape index (κ2) is 8.14. The SMILES string of the molecule is O=C(c1ccc(F)cc1F)N1CCN([C@@H]2CN[C@H](C(=O)N3CCC(F)(F)C3)C2)CC1. The lowest BCUT2D eigenvalue weighted by Gasteiger charge is -2.38. The van der Waals surface area contributed by atoms with Gasteiger partial charge in [-0.15, -0.1) is 0 Å². The molecule has 10 heteroatoms. The first-order chi connectivity index (χ1) is 14.2. The van der Waals surface area contributed by atoms with Gasteiger partial charge in [0.2, 0.25) is 5.91 Å². The number of piperazine rings is 1. The Kier molecular flexibility index (Phi) is 5.71. The first-order valence-electron chi connectivity index (χ1n) is 10.1. The zero-order valence-electron chi connectivity index (χ0n) is 16.4. The maximum absolute atomic E-state index is 13.9. The Morgan fingerprint density at radius 2 is 1.77 bits per heavy atom. The zero-order chi connectivity index (χ0) is 21.5. The average molecular weight is 428 g/mol. The molecule has 0 spiro atoms. The minimum atomic E-state index is -2.81. The Morgan fingerprint density at radius 1 is 1.03 bits per heavy atom. The van der Waals surface area contributed by atoms with E-state index in [1.807, 2.05) is 0 Å². The number of benzene rings is 1. The summed E-state index contributed by atoms with van der Waals surface area (Å²) in [5.74, 6) is -5.17. The van der Waals surface area contributed by atoms with E-state index in [2.05, 4.69) is 10.2 Å². The van der Waals surface area contributed by atoms with Gasteiger partial charge in [0, 0.05) is 57.8 Å². The molecule has 0 saturated carbocycles. The summed E-state index contributed by atoms with van der Waals surface area (Å²) in [7, 11) is 0. The van der Waals surface area contributed by atoms with Crippen molar-refractivity contribution in [2.24, 2.45) is 0 Å². The van der Waals surface area contributed by atoms with E-state index >= 15 is 0 Å². The van der Waals surface area contributed by atoms with Crippen LogP contribution >= 0.6 is 0 Å². The lowest BCUT2D eigenvalue weighted by Crippen LogP contribution is -2.52. The molecule has 3 saturated heterocycles. The molecule has 3 heterocycles. The average Bonchev–Trinajstić information content (AvgIpc) is 3.34. The van der Waals surface area contributed by atoms with Gasteiger partial charge in [0.25, 0.3) is 11.8 Å². The molecule has 30 heavy (non-hydrogen) atoms. The zero-order valence-corrected chi connectivity index (χ0v) is 16.4. The molecule has 4 rings (SSSR count). The van der Waals surface area contributed by atoms with Crippen molar-refractivity contribution in [1.82, 2.24) is 20.0 Å². The molecule has 3 aliphatic rings. The molecule has 0 aromatic heterocycles. The molecule has 0 radical (unpaired) electrons. The van der Waals surface area contributed by atoms with E-state index in [9.17, 15) is 27.2 Å². The third-order valence-electron chi connectivity index (χ3n) is 6.17. The Balaban J connectivity index is 1.28. The molecule has 3 fully saturated rings. The molecule has 2 amide bonds. The minimum absolute atomic E-state index is 0.0712. The number of hydrogen-bond donors (Lipinski definition) is 1. The summed E-state index contributed by atoms with van der Waals surface area (Å²) < 4.78 is 53.7. The molecule has 6 nitrogen and oxygen atoms in total. The summed E-state index contributed by atoms with van der Waals surface area (Å²) >= 11 is 0. The predicted molar refractivity (Wildman–Crippen MR) is 100 cm³/mol. The largest absolute Gasteiger partial charge is 0.336 e. The van der Waals surface area contributed by atoms with E-state index in [0.717, 1.165) is 12.1 Å². The van der Waals surface area contributed by atoms with Crippen molar-refractivity contribution in [2.75, 3.05) is 45.8 Å². The molecular weight excluding hydrogens is 404 g/mol. The highest BCUT2D eigenvalue weighted by Crippen LogP contribution is 2.28. The summed E-state index contributed by atoms with van der Waals surface area (Å²) in [6, 6.07) is 2.50. The van der Waals surface area contributed by atoms with Gasteiger partial charge in [-0.1, -0.05) is 0 Å². The molecule has 1 N–H and O–H groups in total. The maximum Gasteiger partial charge on any atom is 0.267 e. The fourth-order valence-electron chi connectivity index (χ4n) is 4.45. The number of rotatable bonds is 3. The first kappa shape index (κ1) is 21.0. The number of alkyl halides is 2. The molecule has 0 unspecified atom stereocenters. The molecule has 0 bridgehead atoms. The van der Waals surface area contributed by atoms with Gasteiger partial charge in [-0.25, -0.2) is 17.6 Å². The summed E-state index contributed by atoms with van der Waals surface area (Å²) in [4.78, 5) is 30.0. The molecular formula is C20H24F4N4O2. The third kappa shape index (κ3) is 4.29. The van der Waals surface area contributed by atoms with Crippen LogP contribution in [0.2, 0.25) is 0 Å². The van der Waals surface area contributed by atoms with Crippen molar-refractivity contribution < 1.29 is 27.2 Å². The van der Waals surface area contributed by atoms with Crippen LogP contribution in [0.5, 0.6) is 0 Å². The smallest absolute Gasteiger partial charge is 0.267 e. The second-order valence-corrected chi connectivity index (χ2v) is 8.17. The fraction of sp³-hybridized carbons (Fsp3) is 0.600. The molecule has 3 aliphatic heterocycles. The Morgan fingerprint density at radius 3 is 2.40 bits per heavy atom. The van der Waals surface area contributed by atoms with Crippen LogP contribution in [0.3, 0.4) is 0 Å². The van der Waals surface area contributed by atoms with Crippen molar-refractivity contribution in [1.29, 1.82) is 0 Å². The van der Waals surface area contributed by atoms with E-state index in [1.165, 1.54) is 9.80 Å². The number of nitrogens with one attached hydrogen (secondary N) is 1. The summed E-state index contributed by atoms with van der Waals surface area (Å²) in [5.41, 5.74) is -0.152. The van der Waals surface area contributed by atoms with Gasteiger partial charge in [0.15, 0.2) is 0 Å². The van der Waals surface area contributed by atoms with E-state index in [1.54, 1.807) is 0 Å². The number of amides is 2.